The van der Waals surface area contributed by atoms with E-state index in [9.17, 15) is 4.79 Å². The summed E-state index contributed by atoms with van der Waals surface area (Å²) in [6, 6.07) is 12.5. The first-order valence-corrected chi connectivity index (χ1v) is 10.6. The van der Waals surface area contributed by atoms with Crippen molar-refractivity contribution in [3.8, 4) is 0 Å². The Balaban J connectivity index is 1.62. The first-order chi connectivity index (χ1) is 13.6. The molecule has 1 fully saturated rings. The van der Waals surface area contributed by atoms with Gasteiger partial charge in [0.25, 0.3) is 5.91 Å². The van der Waals surface area contributed by atoms with Gasteiger partial charge in [-0.25, -0.2) is 4.98 Å². The van der Waals surface area contributed by atoms with Crippen LogP contribution in [0.4, 0.5) is 5.13 Å². The summed E-state index contributed by atoms with van der Waals surface area (Å²) in [5.41, 5.74) is 1.42. The number of halogens is 2. The van der Waals surface area contributed by atoms with Crippen LogP contribution in [0.15, 0.2) is 42.5 Å². The Morgan fingerprint density at radius 1 is 1.11 bits per heavy atom. The van der Waals surface area contributed by atoms with Crippen LogP contribution >= 0.6 is 34.5 Å². The van der Waals surface area contributed by atoms with Crippen LogP contribution in [-0.4, -0.2) is 55.2 Å². The predicted octanol–water partition coefficient (Wildman–Crippen LogP) is 4.58. The number of ether oxygens (including phenoxy) is 1. The molecule has 1 saturated heterocycles. The highest BCUT2D eigenvalue weighted by Crippen LogP contribution is 2.31. The monoisotopic (exact) mass is 435 g/mol. The number of hydrogen-bond acceptors (Lipinski definition) is 5. The van der Waals surface area contributed by atoms with Gasteiger partial charge in [0, 0.05) is 41.8 Å². The summed E-state index contributed by atoms with van der Waals surface area (Å²) in [7, 11) is 0. The molecule has 0 saturated carbocycles. The highest BCUT2D eigenvalue weighted by molar-refractivity contribution is 7.22. The summed E-state index contributed by atoms with van der Waals surface area (Å²) in [5.74, 6) is -0.0879. The van der Waals surface area contributed by atoms with Crippen LogP contribution in [0.25, 0.3) is 10.2 Å². The molecule has 3 aromatic rings. The number of carbonyl (C=O) groups excluding carboxylic acids is 1. The van der Waals surface area contributed by atoms with E-state index in [1.54, 1.807) is 29.2 Å². The second kappa shape index (κ2) is 8.76. The van der Waals surface area contributed by atoms with Crippen molar-refractivity contribution in [3.63, 3.8) is 0 Å². The van der Waals surface area contributed by atoms with Crippen molar-refractivity contribution >= 4 is 55.8 Å². The van der Waals surface area contributed by atoms with E-state index in [0.717, 1.165) is 43.1 Å². The fourth-order valence-corrected chi connectivity index (χ4v) is 4.49. The molecule has 0 bridgehead atoms. The van der Waals surface area contributed by atoms with Gasteiger partial charge < -0.3 is 4.74 Å². The van der Waals surface area contributed by atoms with Gasteiger partial charge in [0.1, 0.15) is 0 Å². The van der Waals surface area contributed by atoms with E-state index in [-0.39, 0.29) is 5.91 Å². The van der Waals surface area contributed by atoms with Crippen LogP contribution in [0.3, 0.4) is 0 Å². The van der Waals surface area contributed by atoms with Crippen molar-refractivity contribution in [2.45, 2.75) is 0 Å². The summed E-state index contributed by atoms with van der Waals surface area (Å²) in [6.07, 6.45) is 0. The molecule has 0 N–H and O–H groups in total. The molecule has 1 amide bonds. The van der Waals surface area contributed by atoms with Crippen LogP contribution in [0, 0.1) is 0 Å². The van der Waals surface area contributed by atoms with Crippen molar-refractivity contribution < 1.29 is 9.53 Å². The fraction of sp³-hybridized carbons (Fsp3) is 0.300. The normalized spacial score (nSPS) is 15.1. The maximum Gasteiger partial charge on any atom is 0.260 e. The Labute approximate surface area is 177 Å². The maximum atomic E-state index is 13.3. The third-order valence-corrected chi connectivity index (χ3v) is 6.18. The molecule has 4 rings (SSSR count). The molecule has 0 unspecified atom stereocenters. The van der Waals surface area contributed by atoms with Crippen molar-refractivity contribution in [2.24, 2.45) is 0 Å². The van der Waals surface area contributed by atoms with E-state index in [1.165, 1.54) is 11.3 Å². The zero-order chi connectivity index (χ0) is 19.5. The lowest BCUT2D eigenvalue weighted by atomic mass is 10.2. The number of aromatic nitrogens is 1. The van der Waals surface area contributed by atoms with Crippen LogP contribution in [0.5, 0.6) is 0 Å². The third-order valence-electron chi connectivity index (χ3n) is 4.65. The van der Waals surface area contributed by atoms with Crippen molar-refractivity contribution in [1.82, 2.24) is 9.88 Å². The molecule has 28 heavy (non-hydrogen) atoms. The molecule has 1 aromatic heterocycles. The molecule has 8 heteroatoms. The zero-order valence-corrected chi connectivity index (χ0v) is 17.4. The van der Waals surface area contributed by atoms with Crippen LogP contribution in [0.1, 0.15) is 10.4 Å². The van der Waals surface area contributed by atoms with E-state index in [1.807, 2.05) is 18.2 Å². The Hall–Kier alpha value is -1.70. The van der Waals surface area contributed by atoms with E-state index in [0.29, 0.717) is 27.3 Å². The van der Waals surface area contributed by atoms with Gasteiger partial charge >= 0.3 is 0 Å². The van der Waals surface area contributed by atoms with Gasteiger partial charge in [-0.2, -0.15) is 0 Å². The quantitative estimate of drug-likeness (QED) is 0.588. The minimum atomic E-state index is -0.0879. The number of hydrogen-bond donors (Lipinski definition) is 0. The molecule has 1 aliphatic heterocycles. The minimum Gasteiger partial charge on any atom is -0.379 e. The molecule has 0 atom stereocenters. The van der Waals surface area contributed by atoms with Gasteiger partial charge in [0.05, 0.1) is 23.4 Å². The molecule has 0 radical (unpaired) electrons. The molecular weight excluding hydrogens is 417 g/mol. The first kappa shape index (κ1) is 19.6. The number of benzene rings is 2. The zero-order valence-electron chi connectivity index (χ0n) is 15.1. The Morgan fingerprint density at radius 2 is 1.82 bits per heavy atom. The second-order valence-electron chi connectivity index (χ2n) is 6.53. The number of thiazole rings is 1. The summed E-state index contributed by atoms with van der Waals surface area (Å²) in [5, 5.41) is 1.93. The lowest BCUT2D eigenvalue weighted by Crippen LogP contribution is -2.43. The Kier molecular flexibility index (Phi) is 6.13. The van der Waals surface area contributed by atoms with Gasteiger partial charge in [-0.1, -0.05) is 34.5 Å². The van der Waals surface area contributed by atoms with Gasteiger partial charge in [-0.05, 0) is 42.5 Å². The average Bonchev–Trinajstić information content (AvgIpc) is 3.12. The van der Waals surface area contributed by atoms with Gasteiger partial charge in [-0.15, -0.1) is 0 Å². The second-order valence-corrected chi connectivity index (χ2v) is 8.41. The predicted molar refractivity (Wildman–Crippen MR) is 115 cm³/mol. The highest BCUT2D eigenvalue weighted by atomic mass is 35.5. The molecule has 1 aliphatic rings. The molecule has 5 nitrogen and oxygen atoms in total. The van der Waals surface area contributed by atoms with Crippen LogP contribution in [0.2, 0.25) is 10.0 Å². The highest BCUT2D eigenvalue weighted by Gasteiger charge is 2.23. The van der Waals surface area contributed by atoms with E-state index in [4.69, 9.17) is 27.9 Å². The van der Waals surface area contributed by atoms with Gasteiger partial charge in [0.2, 0.25) is 0 Å². The number of anilines is 1. The molecule has 146 valence electrons. The van der Waals surface area contributed by atoms with E-state index >= 15 is 0 Å². The molecular formula is C20H19Cl2N3O2S. The standard InChI is InChI=1S/C20H19Cl2N3O2S/c21-15-3-1-14(2-4-15)19(26)25(8-7-24-9-11-27-12-10-24)20-23-17-6-5-16(22)13-18(17)28-20/h1-6,13H,7-12H2. The van der Waals surface area contributed by atoms with Crippen molar-refractivity contribution in [2.75, 3.05) is 44.3 Å². The molecule has 0 spiro atoms. The number of fused-ring (bicyclic) bond motifs is 1. The number of carbonyl (C=O) groups is 1. The lowest BCUT2D eigenvalue weighted by molar-refractivity contribution is 0.0391. The van der Waals surface area contributed by atoms with Gasteiger partial charge in [0.15, 0.2) is 5.13 Å². The number of amides is 1. The Morgan fingerprint density at radius 3 is 2.57 bits per heavy atom. The molecule has 2 heterocycles. The largest absolute Gasteiger partial charge is 0.379 e. The Bertz CT molecular complexity index is 971. The smallest absolute Gasteiger partial charge is 0.260 e. The number of rotatable bonds is 5. The molecule has 2 aromatic carbocycles. The topological polar surface area (TPSA) is 45.7 Å². The van der Waals surface area contributed by atoms with Gasteiger partial charge in [-0.3, -0.25) is 14.6 Å². The van der Waals surface area contributed by atoms with Crippen LogP contribution in [-0.2, 0) is 4.74 Å². The van der Waals surface area contributed by atoms with Crippen molar-refractivity contribution in [3.05, 3.63) is 58.1 Å². The van der Waals surface area contributed by atoms with Crippen LogP contribution < -0.4 is 4.90 Å². The van der Waals surface area contributed by atoms with E-state index in [2.05, 4.69) is 9.88 Å². The van der Waals surface area contributed by atoms with E-state index < -0.39 is 0 Å². The minimum absolute atomic E-state index is 0.0879. The summed E-state index contributed by atoms with van der Waals surface area (Å²) >= 11 is 13.6. The SMILES string of the molecule is O=C(c1ccc(Cl)cc1)N(CCN1CCOCC1)c1nc2ccc(Cl)cc2s1. The summed E-state index contributed by atoms with van der Waals surface area (Å²) in [4.78, 5) is 22.0. The average molecular weight is 436 g/mol. The first-order valence-electron chi connectivity index (χ1n) is 9.04. The lowest BCUT2D eigenvalue weighted by Gasteiger charge is -2.29. The number of nitrogens with zero attached hydrogens (tertiary/aromatic N) is 3. The summed E-state index contributed by atoms with van der Waals surface area (Å²) < 4.78 is 6.37. The summed E-state index contributed by atoms with van der Waals surface area (Å²) in [6.45, 7) is 4.51. The molecule has 0 aliphatic carbocycles. The fourth-order valence-electron chi connectivity index (χ4n) is 3.10. The maximum absolute atomic E-state index is 13.3. The third kappa shape index (κ3) is 4.47. The number of morpholine rings is 1. The van der Waals surface area contributed by atoms with Crippen molar-refractivity contribution in [1.29, 1.82) is 0 Å².